The van der Waals surface area contributed by atoms with Crippen LogP contribution in [0.4, 0.5) is 0 Å². The summed E-state index contributed by atoms with van der Waals surface area (Å²) in [6.07, 6.45) is 0. The zero-order valence-electron chi connectivity index (χ0n) is 11.3. The lowest BCUT2D eigenvalue weighted by Gasteiger charge is -2.06. The van der Waals surface area contributed by atoms with Crippen LogP contribution in [0.2, 0.25) is 0 Å². The number of carbonyl (C=O) groups excluding carboxylic acids is 1. The molecule has 2 rings (SSSR count). The molecule has 106 valence electrons. The molecule has 0 saturated heterocycles. The minimum absolute atomic E-state index is 0.0643. The minimum Gasteiger partial charge on any atom is -0.508 e. The van der Waals surface area contributed by atoms with Gasteiger partial charge in [0, 0.05) is 17.7 Å². The van der Waals surface area contributed by atoms with Gasteiger partial charge < -0.3 is 15.5 Å². The van der Waals surface area contributed by atoms with E-state index < -0.39 is 0 Å². The first-order valence-electron chi connectivity index (χ1n) is 6.45. The van der Waals surface area contributed by atoms with Crippen molar-refractivity contribution in [2.75, 3.05) is 6.61 Å². The molecule has 3 N–H and O–H groups in total. The lowest BCUT2D eigenvalue weighted by molar-refractivity contribution is 0.0950. The van der Waals surface area contributed by atoms with Crippen LogP contribution in [0.1, 0.15) is 21.5 Å². The second kappa shape index (κ2) is 7.13. The van der Waals surface area contributed by atoms with Crippen molar-refractivity contribution in [3.63, 3.8) is 0 Å². The molecule has 1 amide bonds. The van der Waals surface area contributed by atoms with Gasteiger partial charge in [0.1, 0.15) is 12.4 Å². The molecule has 0 aliphatic carbocycles. The van der Waals surface area contributed by atoms with Gasteiger partial charge in [-0.05, 0) is 35.9 Å². The largest absolute Gasteiger partial charge is 0.508 e. The summed E-state index contributed by atoms with van der Waals surface area (Å²) < 4.78 is 0. The molecule has 0 radical (unpaired) electrons. The zero-order chi connectivity index (χ0) is 15.1. The monoisotopic (exact) mass is 281 g/mol. The molecule has 0 aromatic heterocycles. The smallest absolute Gasteiger partial charge is 0.251 e. The summed E-state index contributed by atoms with van der Waals surface area (Å²) >= 11 is 0. The van der Waals surface area contributed by atoms with E-state index in [1.165, 1.54) is 12.1 Å². The summed E-state index contributed by atoms with van der Waals surface area (Å²) in [6, 6.07) is 13.6. The van der Waals surface area contributed by atoms with Crippen LogP contribution in [0, 0.1) is 11.8 Å². The Bertz CT molecular complexity index is 681. The van der Waals surface area contributed by atoms with Crippen molar-refractivity contribution in [2.24, 2.45) is 0 Å². The molecular weight excluding hydrogens is 266 g/mol. The second-order valence-electron chi connectivity index (χ2n) is 4.39. The van der Waals surface area contributed by atoms with Gasteiger partial charge in [-0.25, -0.2) is 0 Å². The molecule has 0 aliphatic heterocycles. The maximum atomic E-state index is 11.9. The molecule has 21 heavy (non-hydrogen) atoms. The fourth-order valence-corrected chi connectivity index (χ4v) is 1.78. The lowest BCUT2D eigenvalue weighted by atomic mass is 10.1. The molecule has 4 heteroatoms. The number of hydrogen-bond donors (Lipinski definition) is 3. The van der Waals surface area contributed by atoms with E-state index in [-0.39, 0.29) is 18.3 Å². The topological polar surface area (TPSA) is 69.6 Å². The number of phenolic OH excluding ortho intramolecular Hbond substituents is 1. The number of phenols is 1. The lowest BCUT2D eigenvalue weighted by Crippen LogP contribution is -2.22. The van der Waals surface area contributed by atoms with E-state index in [1.807, 2.05) is 24.3 Å². The zero-order valence-corrected chi connectivity index (χ0v) is 11.3. The summed E-state index contributed by atoms with van der Waals surface area (Å²) in [7, 11) is 0. The van der Waals surface area contributed by atoms with E-state index in [9.17, 15) is 9.90 Å². The Kier molecular flexibility index (Phi) is 4.97. The standard InChI is InChI=1S/C17H15NO3/c19-10-2-3-13-6-8-14(9-7-13)12-18-17(21)15-4-1-5-16(20)11-15/h1,4-9,11,19-20H,10,12H2,(H,18,21). The van der Waals surface area contributed by atoms with Crippen molar-refractivity contribution in [1.82, 2.24) is 5.32 Å². The van der Waals surface area contributed by atoms with Crippen LogP contribution in [0.25, 0.3) is 0 Å². The molecule has 2 aromatic carbocycles. The highest BCUT2D eigenvalue weighted by molar-refractivity contribution is 5.94. The second-order valence-corrected chi connectivity index (χ2v) is 4.39. The Hall–Kier alpha value is -2.77. The van der Waals surface area contributed by atoms with Gasteiger partial charge in [0.15, 0.2) is 0 Å². The molecular formula is C17H15NO3. The van der Waals surface area contributed by atoms with Gasteiger partial charge in [-0.2, -0.15) is 0 Å². The Morgan fingerprint density at radius 1 is 1.14 bits per heavy atom. The van der Waals surface area contributed by atoms with Crippen LogP contribution >= 0.6 is 0 Å². The number of aliphatic hydroxyl groups is 1. The highest BCUT2D eigenvalue weighted by Crippen LogP contribution is 2.11. The molecule has 0 saturated carbocycles. The quantitative estimate of drug-likeness (QED) is 0.749. The van der Waals surface area contributed by atoms with Gasteiger partial charge in [0.05, 0.1) is 0 Å². The van der Waals surface area contributed by atoms with Crippen molar-refractivity contribution in [2.45, 2.75) is 6.54 Å². The molecule has 0 aliphatic rings. The predicted molar refractivity (Wildman–Crippen MR) is 79.7 cm³/mol. The third kappa shape index (κ3) is 4.37. The minimum atomic E-state index is -0.241. The van der Waals surface area contributed by atoms with E-state index in [1.54, 1.807) is 12.1 Å². The molecule has 0 unspecified atom stereocenters. The number of carbonyl (C=O) groups is 1. The first-order chi connectivity index (χ1) is 10.2. The fraction of sp³-hybridized carbons (Fsp3) is 0.118. The molecule has 2 aromatic rings. The van der Waals surface area contributed by atoms with E-state index in [4.69, 9.17) is 5.11 Å². The van der Waals surface area contributed by atoms with Crippen molar-refractivity contribution in [3.05, 3.63) is 65.2 Å². The summed E-state index contributed by atoms with van der Waals surface area (Å²) in [5.41, 5.74) is 2.17. The molecule has 0 bridgehead atoms. The van der Waals surface area contributed by atoms with E-state index in [2.05, 4.69) is 17.2 Å². The van der Waals surface area contributed by atoms with Crippen LogP contribution in [-0.4, -0.2) is 22.7 Å². The Morgan fingerprint density at radius 3 is 2.57 bits per heavy atom. The van der Waals surface area contributed by atoms with Crippen LogP contribution in [0.3, 0.4) is 0 Å². The van der Waals surface area contributed by atoms with Gasteiger partial charge in [0.25, 0.3) is 5.91 Å². The van der Waals surface area contributed by atoms with E-state index in [0.717, 1.165) is 11.1 Å². The van der Waals surface area contributed by atoms with Crippen molar-refractivity contribution >= 4 is 5.91 Å². The summed E-state index contributed by atoms with van der Waals surface area (Å²) in [4.78, 5) is 11.9. The Labute approximate surface area is 123 Å². The number of hydrogen-bond acceptors (Lipinski definition) is 3. The number of nitrogens with one attached hydrogen (secondary N) is 1. The van der Waals surface area contributed by atoms with Gasteiger partial charge in [-0.1, -0.05) is 30.0 Å². The van der Waals surface area contributed by atoms with Crippen LogP contribution in [0.5, 0.6) is 5.75 Å². The molecule has 0 spiro atoms. The van der Waals surface area contributed by atoms with Crippen molar-refractivity contribution < 1.29 is 15.0 Å². The van der Waals surface area contributed by atoms with Gasteiger partial charge >= 0.3 is 0 Å². The number of aliphatic hydroxyl groups excluding tert-OH is 1. The van der Waals surface area contributed by atoms with Crippen molar-refractivity contribution in [3.8, 4) is 17.6 Å². The fourth-order valence-electron chi connectivity index (χ4n) is 1.78. The van der Waals surface area contributed by atoms with E-state index in [0.29, 0.717) is 12.1 Å². The van der Waals surface area contributed by atoms with Crippen molar-refractivity contribution in [1.29, 1.82) is 0 Å². The van der Waals surface area contributed by atoms with Crippen LogP contribution < -0.4 is 5.32 Å². The number of rotatable bonds is 3. The average molecular weight is 281 g/mol. The first-order valence-corrected chi connectivity index (χ1v) is 6.45. The van der Waals surface area contributed by atoms with Gasteiger partial charge in [-0.3, -0.25) is 4.79 Å². The molecule has 0 heterocycles. The average Bonchev–Trinajstić information content (AvgIpc) is 2.51. The number of amides is 1. The summed E-state index contributed by atoms with van der Waals surface area (Å²) in [5.74, 6) is 5.20. The predicted octanol–water partition coefficient (Wildman–Crippen LogP) is 1.67. The normalized spacial score (nSPS) is 9.57. The van der Waals surface area contributed by atoms with E-state index >= 15 is 0 Å². The maximum absolute atomic E-state index is 11.9. The van der Waals surface area contributed by atoms with Gasteiger partial charge in [-0.15, -0.1) is 0 Å². The highest BCUT2D eigenvalue weighted by atomic mass is 16.3. The number of aromatic hydroxyl groups is 1. The summed E-state index contributed by atoms with van der Waals surface area (Å²) in [6.45, 7) is 0.226. The van der Waals surface area contributed by atoms with Gasteiger partial charge in [0.2, 0.25) is 0 Å². The summed E-state index contributed by atoms with van der Waals surface area (Å²) in [5, 5.41) is 20.7. The third-order valence-electron chi connectivity index (χ3n) is 2.83. The Balaban J connectivity index is 1.95. The Morgan fingerprint density at radius 2 is 1.90 bits per heavy atom. The SMILES string of the molecule is O=C(NCc1ccc(C#CCO)cc1)c1cccc(O)c1. The highest BCUT2D eigenvalue weighted by Gasteiger charge is 2.05. The number of benzene rings is 2. The first kappa shape index (κ1) is 14.6. The molecule has 0 atom stereocenters. The molecule has 0 fully saturated rings. The molecule has 4 nitrogen and oxygen atoms in total. The maximum Gasteiger partial charge on any atom is 0.251 e. The van der Waals surface area contributed by atoms with Crippen LogP contribution in [0.15, 0.2) is 48.5 Å². The third-order valence-corrected chi connectivity index (χ3v) is 2.83. The van der Waals surface area contributed by atoms with Crippen LogP contribution in [-0.2, 0) is 6.54 Å².